The second-order valence-corrected chi connectivity index (χ2v) is 10.4. The van der Waals surface area contributed by atoms with Crippen LogP contribution < -0.4 is 16.0 Å². The summed E-state index contributed by atoms with van der Waals surface area (Å²) in [5, 5.41) is 27.4. The van der Waals surface area contributed by atoms with Crippen LogP contribution >= 0.6 is 0 Å². The van der Waals surface area contributed by atoms with Crippen LogP contribution in [-0.4, -0.2) is 40.3 Å². The second kappa shape index (κ2) is 8.04. The van der Waals surface area contributed by atoms with Gasteiger partial charge in [0, 0.05) is 18.7 Å². The molecule has 0 bridgehead atoms. The molecule has 0 saturated carbocycles. The molecule has 1 aliphatic carbocycles. The lowest BCUT2D eigenvalue weighted by Gasteiger charge is -2.27. The molecule has 7 rings (SSSR count). The van der Waals surface area contributed by atoms with E-state index in [0.717, 1.165) is 5.69 Å². The van der Waals surface area contributed by atoms with Gasteiger partial charge in [-0.1, -0.05) is 18.2 Å². The third-order valence-corrected chi connectivity index (χ3v) is 8.11. The van der Waals surface area contributed by atoms with E-state index in [0.29, 0.717) is 17.0 Å². The lowest BCUT2D eigenvalue weighted by atomic mass is 9.71. The number of benzene rings is 2. The summed E-state index contributed by atoms with van der Waals surface area (Å²) in [7, 11) is 1.47. The molecule has 2 aromatic carbocycles. The predicted octanol–water partition coefficient (Wildman–Crippen LogP) is 3.39. The quantitative estimate of drug-likeness (QED) is 0.303. The van der Waals surface area contributed by atoms with Crippen molar-refractivity contribution < 1.29 is 19.7 Å². The SMILES string of the molecule is Cc1nn(-c2ccccc2)c2c1C(=O)[C@@]1(C)C(=C2)Oc2c(-c3ccc4c(=O)[nH]c(=O)n(C)c4n3)c(O)c(C)c(O)c21. The van der Waals surface area contributed by atoms with Gasteiger partial charge in [-0.25, -0.2) is 14.5 Å². The first kappa shape index (κ1) is 24.6. The van der Waals surface area contributed by atoms with Crippen LogP contribution in [0.1, 0.15) is 39.8 Å². The number of phenols is 2. The average molecular weight is 550 g/mol. The van der Waals surface area contributed by atoms with Gasteiger partial charge >= 0.3 is 5.69 Å². The summed E-state index contributed by atoms with van der Waals surface area (Å²) in [4.78, 5) is 45.7. The molecule has 11 heteroatoms. The fraction of sp³-hybridized carbons (Fsp3) is 0.167. The highest BCUT2D eigenvalue weighted by Crippen LogP contribution is 2.60. The molecule has 4 heterocycles. The van der Waals surface area contributed by atoms with E-state index in [1.54, 1.807) is 24.6 Å². The van der Waals surface area contributed by atoms with Crippen LogP contribution in [0.4, 0.5) is 0 Å². The highest BCUT2D eigenvalue weighted by atomic mass is 16.5. The Balaban J connectivity index is 1.50. The van der Waals surface area contributed by atoms with Gasteiger partial charge in [0.05, 0.1) is 44.8 Å². The normalized spacial score (nSPS) is 17.2. The zero-order chi connectivity index (χ0) is 29.0. The number of phenolic OH excluding ortho intramolecular Hbond substituents is 2. The zero-order valence-electron chi connectivity index (χ0n) is 22.4. The van der Waals surface area contributed by atoms with Gasteiger partial charge in [-0.2, -0.15) is 5.10 Å². The Morgan fingerprint density at radius 3 is 2.44 bits per heavy atom. The maximum absolute atomic E-state index is 14.3. The van der Waals surface area contributed by atoms with Crippen LogP contribution in [-0.2, 0) is 12.5 Å². The number of rotatable bonds is 2. The van der Waals surface area contributed by atoms with Crippen molar-refractivity contribution in [2.24, 2.45) is 7.05 Å². The third kappa shape index (κ3) is 3.05. The Labute approximate surface area is 231 Å². The Morgan fingerprint density at radius 1 is 0.976 bits per heavy atom. The van der Waals surface area contributed by atoms with Crippen molar-refractivity contribution in [2.45, 2.75) is 26.2 Å². The number of carbonyl (C=O) groups is 1. The predicted molar refractivity (Wildman–Crippen MR) is 150 cm³/mol. The van der Waals surface area contributed by atoms with Gasteiger partial charge in [0.1, 0.15) is 34.1 Å². The first-order chi connectivity index (χ1) is 19.5. The lowest BCUT2D eigenvalue weighted by Crippen LogP contribution is -2.36. The summed E-state index contributed by atoms with van der Waals surface area (Å²) in [6.07, 6.45) is 1.73. The van der Waals surface area contributed by atoms with Crippen molar-refractivity contribution in [3.63, 3.8) is 0 Å². The number of carbonyl (C=O) groups excluding carboxylic acids is 1. The Hall–Kier alpha value is -5.45. The molecule has 11 nitrogen and oxygen atoms in total. The number of aromatic amines is 1. The number of fused-ring (bicyclic) bond motifs is 5. The molecule has 0 fully saturated rings. The Bertz CT molecular complexity index is 2160. The molecule has 0 spiro atoms. The summed E-state index contributed by atoms with van der Waals surface area (Å²) in [6.45, 7) is 4.96. The van der Waals surface area contributed by atoms with Gasteiger partial charge in [-0.15, -0.1) is 0 Å². The largest absolute Gasteiger partial charge is 0.507 e. The number of H-pyrrole nitrogens is 1. The molecule has 0 unspecified atom stereocenters. The van der Waals surface area contributed by atoms with E-state index >= 15 is 0 Å². The number of pyridine rings is 1. The number of nitrogens with zero attached hydrogens (tertiary/aromatic N) is 4. The molecule has 3 aromatic heterocycles. The maximum atomic E-state index is 14.3. The Morgan fingerprint density at radius 2 is 1.71 bits per heavy atom. The summed E-state index contributed by atoms with van der Waals surface area (Å²) < 4.78 is 9.20. The molecule has 0 saturated heterocycles. The maximum Gasteiger partial charge on any atom is 0.329 e. The van der Waals surface area contributed by atoms with Crippen molar-refractivity contribution in [2.75, 3.05) is 0 Å². The molecular weight excluding hydrogens is 526 g/mol. The van der Waals surface area contributed by atoms with Crippen LogP contribution in [0, 0.1) is 13.8 Å². The molecule has 1 aliphatic heterocycles. The van der Waals surface area contributed by atoms with E-state index in [-0.39, 0.29) is 62.2 Å². The lowest BCUT2D eigenvalue weighted by molar-refractivity contribution is 0.0905. The number of hydrogen-bond donors (Lipinski definition) is 3. The molecule has 2 aliphatic rings. The molecule has 204 valence electrons. The van der Waals surface area contributed by atoms with Gasteiger partial charge in [-0.05, 0) is 45.0 Å². The summed E-state index contributed by atoms with van der Waals surface area (Å²) in [6, 6.07) is 12.4. The zero-order valence-corrected chi connectivity index (χ0v) is 22.4. The summed E-state index contributed by atoms with van der Waals surface area (Å²) >= 11 is 0. The van der Waals surface area contributed by atoms with Crippen LogP contribution in [0.3, 0.4) is 0 Å². The van der Waals surface area contributed by atoms with Crippen molar-refractivity contribution in [1.82, 2.24) is 24.3 Å². The molecular formula is C30H23N5O6. The number of allylic oxidation sites excluding steroid dienone is 1. The summed E-state index contributed by atoms with van der Waals surface area (Å²) in [5.74, 6) is -0.566. The van der Waals surface area contributed by atoms with Crippen molar-refractivity contribution in [3.05, 3.63) is 97.1 Å². The molecule has 5 aromatic rings. The number of aryl methyl sites for hydroxylation is 2. The minimum Gasteiger partial charge on any atom is -0.507 e. The topological polar surface area (TPSA) is 152 Å². The van der Waals surface area contributed by atoms with E-state index in [2.05, 4.69) is 15.1 Å². The molecule has 0 amide bonds. The number of hydrogen-bond acceptors (Lipinski definition) is 8. The second-order valence-electron chi connectivity index (χ2n) is 10.4. The smallest absolute Gasteiger partial charge is 0.329 e. The van der Waals surface area contributed by atoms with Crippen LogP contribution in [0.2, 0.25) is 0 Å². The number of aromatic hydroxyl groups is 2. The minimum atomic E-state index is -1.42. The minimum absolute atomic E-state index is 0.0661. The van der Waals surface area contributed by atoms with Gasteiger partial charge in [0.15, 0.2) is 5.78 Å². The average Bonchev–Trinajstić information content (AvgIpc) is 3.45. The molecule has 41 heavy (non-hydrogen) atoms. The van der Waals surface area contributed by atoms with Crippen LogP contribution in [0.15, 0.2) is 57.8 Å². The number of Topliss-reactive ketones (excluding diaryl/α,β-unsaturated/α-hetero) is 1. The van der Waals surface area contributed by atoms with Crippen LogP contribution in [0.5, 0.6) is 17.2 Å². The van der Waals surface area contributed by atoms with Gasteiger partial charge in [-0.3, -0.25) is 19.1 Å². The molecule has 1 atom stereocenters. The Kier molecular flexibility index (Phi) is 4.82. The number of ketones is 1. The number of nitrogens with one attached hydrogen (secondary N) is 1. The van der Waals surface area contributed by atoms with Crippen LogP contribution in [0.25, 0.3) is 34.1 Å². The van der Waals surface area contributed by atoms with Gasteiger partial charge in [0.2, 0.25) is 0 Å². The fourth-order valence-electron chi connectivity index (χ4n) is 5.83. The number of aromatic nitrogens is 5. The van der Waals surface area contributed by atoms with Gasteiger partial charge in [0.25, 0.3) is 5.56 Å². The highest BCUT2D eigenvalue weighted by molar-refractivity contribution is 6.14. The van der Waals surface area contributed by atoms with E-state index in [1.807, 2.05) is 30.3 Å². The van der Waals surface area contributed by atoms with Crippen molar-refractivity contribution >= 4 is 22.9 Å². The van der Waals surface area contributed by atoms with Crippen molar-refractivity contribution in [3.8, 4) is 34.2 Å². The van der Waals surface area contributed by atoms with Crippen molar-refractivity contribution in [1.29, 1.82) is 0 Å². The van der Waals surface area contributed by atoms with E-state index < -0.39 is 16.7 Å². The molecule has 0 radical (unpaired) electrons. The summed E-state index contributed by atoms with van der Waals surface area (Å²) in [5.41, 5.74) is 0.303. The highest BCUT2D eigenvalue weighted by Gasteiger charge is 2.55. The van der Waals surface area contributed by atoms with E-state index in [9.17, 15) is 24.6 Å². The van der Waals surface area contributed by atoms with Gasteiger partial charge < -0.3 is 14.9 Å². The molecule has 3 N–H and O–H groups in total. The standard InChI is InChI=1S/C30H23N5O6/c1-13-23(36)21(17-11-10-16-27(31-17)34(4)29(40)32-28(16)39)25-22(24(13)37)30(3)19(41-25)12-18-20(26(30)38)14(2)33-35(18)15-8-6-5-7-9-15/h5-12,36-37H,1-4H3,(H,32,39,40)/t30-/m0/s1. The monoisotopic (exact) mass is 549 g/mol. The fourth-order valence-corrected chi connectivity index (χ4v) is 5.83. The first-order valence-corrected chi connectivity index (χ1v) is 12.8. The number of para-hydroxylation sites is 1. The third-order valence-electron chi connectivity index (χ3n) is 8.11. The number of ether oxygens (including phenoxy) is 1. The van der Waals surface area contributed by atoms with E-state index in [1.165, 1.54) is 30.7 Å². The first-order valence-electron chi connectivity index (χ1n) is 12.8. The van der Waals surface area contributed by atoms with E-state index in [4.69, 9.17) is 4.74 Å².